The molecule has 23 heavy (non-hydrogen) atoms. The molecule has 0 saturated heterocycles. The standard InChI is InChI=1S/C20H31NO2/c1-13(22)19-16-7-15-8-17(19)12-20(10-15,11-16)21-18(23)9-14-5-3-2-4-6-14/h14-17,19H,2-12H2,1H3,(H,21,23). The van der Waals surface area contributed by atoms with Crippen molar-refractivity contribution < 1.29 is 9.59 Å². The minimum absolute atomic E-state index is 0.0359. The number of amides is 1. The van der Waals surface area contributed by atoms with Crippen molar-refractivity contribution in [3.05, 3.63) is 0 Å². The van der Waals surface area contributed by atoms with E-state index in [1.54, 1.807) is 6.92 Å². The largest absolute Gasteiger partial charge is 0.351 e. The first-order chi connectivity index (χ1) is 11.0. The first kappa shape index (κ1) is 15.7. The van der Waals surface area contributed by atoms with Crippen LogP contribution < -0.4 is 5.32 Å². The van der Waals surface area contributed by atoms with Crippen molar-refractivity contribution >= 4 is 11.7 Å². The van der Waals surface area contributed by atoms with Crippen LogP contribution in [-0.2, 0) is 9.59 Å². The Bertz CT molecular complexity index is 478. The van der Waals surface area contributed by atoms with Crippen LogP contribution in [0.5, 0.6) is 0 Å². The van der Waals surface area contributed by atoms with E-state index >= 15 is 0 Å². The van der Waals surface area contributed by atoms with Gasteiger partial charge in [-0.3, -0.25) is 9.59 Å². The van der Waals surface area contributed by atoms with Crippen LogP contribution in [0.15, 0.2) is 0 Å². The van der Waals surface area contributed by atoms with Gasteiger partial charge in [-0.1, -0.05) is 19.3 Å². The van der Waals surface area contributed by atoms with Gasteiger partial charge in [0.25, 0.3) is 0 Å². The number of carbonyl (C=O) groups is 2. The fourth-order valence-electron chi connectivity index (χ4n) is 6.84. The zero-order chi connectivity index (χ0) is 16.0. The van der Waals surface area contributed by atoms with E-state index in [0.29, 0.717) is 29.4 Å². The summed E-state index contributed by atoms with van der Waals surface area (Å²) >= 11 is 0. The van der Waals surface area contributed by atoms with Gasteiger partial charge in [0.1, 0.15) is 5.78 Å². The molecule has 0 aliphatic heterocycles. The molecule has 3 heteroatoms. The third-order valence-corrected chi connectivity index (χ3v) is 7.35. The maximum atomic E-state index is 12.6. The highest BCUT2D eigenvalue weighted by Gasteiger charge is 2.56. The predicted molar refractivity (Wildman–Crippen MR) is 89.8 cm³/mol. The van der Waals surface area contributed by atoms with Crippen molar-refractivity contribution in [1.82, 2.24) is 5.32 Å². The average molecular weight is 317 g/mol. The van der Waals surface area contributed by atoms with Gasteiger partial charge in [0.05, 0.1) is 0 Å². The molecule has 0 aromatic carbocycles. The van der Waals surface area contributed by atoms with Crippen LogP contribution in [0.3, 0.4) is 0 Å². The summed E-state index contributed by atoms with van der Waals surface area (Å²) in [5.41, 5.74) is 0.0359. The van der Waals surface area contributed by atoms with E-state index in [4.69, 9.17) is 0 Å². The van der Waals surface area contributed by atoms with E-state index in [0.717, 1.165) is 25.2 Å². The maximum absolute atomic E-state index is 12.6. The zero-order valence-corrected chi connectivity index (χ0v) is 14.5. The van der Waals surface area contributed by atoms with E-state index in [1.165, 1.54) is 51.4 Å². The fourth-order valence-corrected chi connectivity index (χ4v) is 6.84. The molecule has 128 valence electrons. The number of nitrogens with one attached hydrogen (secondary N) is 1. The molecular formula is C20H31NO2. The van der Waals surface area contributed by atoms with E-state index in [1.807, 2.05) is 0 Å². The molecule has 1 amide bonds. The van der Waals surface area contributed by atoms with Gasteiger partial charge in [-0.2, -0.15) is 0 Å². The lowest BCUT2D eigenvalue weighted by Gasteiger charge is -2.59. The summed E-state index contributed by atoms with van der Waals surface area (Å²) in [6, 6.07) is 0. The summed E-state index contributed by atoms with van der Waals surface area (Å²) in [5, 5.41) is 3.48. The van der Waals surface area contributed by atoms with Crippen molar-refractivity contribution in [2.24, 2.45) is 29.6 Å². The first-order valence-electron chi connectivity index (χ1n) is 9.86. The van der Waals surface area contributed by atoms with Crippen LogP contribution in [0.1, 0.15) is 77.6 Å². The molecule has 5 rings (SSSR count). The summed E-state index contributed by atoms with van der Waals surface area (Å²) in [5.74, 6) is 3.40. The Morgan fingerprint density at radius 3 is 2.26 bits per heavy atom. The molecular weight excluding hydrogens is 286 g/mol. The van der Waals surface area contributed by atoms with Gasteiger partial charge >= 0.3 is 0 Å². The van der Waals surface area contributed by atoms with Crippen molar-refractivity contribution in [2.45, 2.75) is 83.1 Å². The molecule has 3 nitrogen and oxygen atoms in total. The molecule has 0 aromatic heterocycles. The molecule has 2 unspecified atom stereocenters. The molecule has 5 aliphatic carbocycles. The number of carbonyl (C=O) groups excluding carboxylic acids is 2. The van der Waals surface area contributed by atoms with Gasteiger partial charge in [-0.05, 0) is 75.5 Å². The van der Waals surface area contributed by atoms with Gasteiger partial charge in [0.2, 0.25) is 5.91 Å². The minimum Gasteiger partial charge on any atom is -0.351 e. The lowest BCUT2D eigenvalue weighted by Crippen LogP contribution is -2.63. The van der Waals surface area contributed by atoms with Crippen LogP contribution in [0.2, 0.25) is 0 Å². The Kier molecular flexibility index (Phi) is 4.01. The number of hydrogen-bond acceptors (Lipinski definition) is 2. The number of hydrogen-bond donors (Lipinski definition) is 1. The summed E-state index contributed by atoms with van der Waals surface area (Å²) in [4.78, 5) is 24.7. The van der Waals surface area contributed by atoms with Gasteiger partial charge in [-0.25, -0.2) is 0 Å². The highest BCUT2D eigenvalue weighted by molar-refractivity contribution is 5.80. The van der Waals surface area contributed by atoms with Crippen molar-refractivity contribution in [3.63, 3.8) is 0 Å². The molecule has 5 saturated carbocycles. The first-order valence-corrected chi connectivity index (χ1v) is 9.86. The van der Waals surface area contributed by atoms with Crippen LogP contribution in [0.4, 0.5) is 0 Å². The lowest BCUT2D eigenvalue weighted by atomic mass is 9.48. The zero-order valence-electron chi connectivity index (χ0n) is 14.5. The Hall–Kier alpha value is -0.860. The second kappa shape index (κ2) is 5.89. The molecule has 5 fully saturated rings. The van der Waals surface area contributed by atoms with E-state index in [-0.39, 0.29) is 11.5 Å². The Morgan fingerprint density at radius 1 is 1.00 bits per heavy atom. The van der Waals surface area contributed by atoms with Gasteiger partial charge < -0.3 is 5.32 Å². The highest BCUT2D eigenvalue weighted by Crippen LogP contribution is 2.58. The summed E-state index contributed by atoms with van der Waals surface area (Å²) in [7, 11) is 0. The van der Waals surface area contributed by atoms with Crippen LogP contribution >= 0.6 is 0 Å². The van der Waals surface area contributed by atoms with Crippen molar-refractivity contribution in [2.75, 3.05) is 0 Å². The Morgan fingerprint density at radius 2 is 1.65 bits per heavy atom. The predicted octanol–water partition coefficient (Wildman–Crippen LogP) is 3.86. The monoisotopic (exact) mass is 317 g/mol. The topological polar surface area (TPSA) is 46.2 Å². The SMILES string of the molecule is CC(=O)C1C2CC3CC1CC(NC(=O)CC1CCCCC1)(C3)C2. The van der Waals surface area contributed by atoms with Gasteiger partial charge in [0, 0.05) is 17.9 Å². The van der Waals surface area contributed by atoms with E-state index in [9.17, 15) is 9.59 Å². The maximum Gasteiger partial charge on any atom is 0.220 e. The van der Waals surface area contributed by atoms with E-state index < -0.39 is 0 Å². The Balaban J connectivity index is 1.41. The van der Waals surface area contributed by atoms with Crippen LogP contribution in [-0.4, -0.2) is 17.2 Å². The molecule has 0 aromatic rings. The molecule has 5 aliphatic rings. The Labute approximate surface area is 140 Å². The second-order valence-electron chi connectivity index (χ2n) is 9.14. The quantitative estimate of drug-likeness (QED) is 0.856. The summed E-state index contributed by atoms with van der Waals surface area (Å²) in [6.07, 6.45) is 12.9. The normalized spacial score (nSPS) is 42.7. The van der Waals surface area contributed by atoms with Crippen molar-refractivity contribution in [3.8, 4) is 0 Å². The smallest absolute Gasteiger partial charge is 0.220 e. The summed E-state index contributed by atoms with van der Waals surface area (Å²) < 4.78 is 0. The van der Waals surface area contributed by atoms with Crippen LogP contribution in [0.25, 0.3) is 0 Å². The third kappa shape index (κ3) is 2.96. The highest BCUT2D eigenvalue weighted by atomic mass is 16.1. The lowest BCUT2D eigenvalue weighted by molar-refractivity contribution is -0.140. The number of Topliss-reactive ketones (excluding diaryl/α,β-unsaturated/α-hetero) is 1. The summed E-state index contributed by atoms with van der Waals surface area (Å²) in [6.45, 7) is 1.78. The molecule has 4 bridgehead atoms. The van der Waals surface area contributed by atoms with Crippen molar-refractivity contribution in [1.29, 1.82) is 0 Å². The minimum atomic E-state index is 0.0359. The fraction of sp³-hybridized carbons (Fsp3) is 0.900. The number of ketones is 1. The average Bonchev–Trinajstić information content (AvgIpc) is 2.45. The van der Waals surface area contributed by atoms with Gasteiger partial charge in [0.15, 0.2) is 0 Å². The molecule has 0 radical (unpaired) electrons. The van der Waals surface area contributed by atoms with Gasteiger partial charge in [-0.15, -0.1) is 0 Å². The third-order valence-electron chi connectivity index (χ3n) is 7.35. The molecule has 2 atom stereocenters. The van der Waals surface area contributed by atoms with Crippen LogP contribution in [0, 0.1) is 29.6 Å². The second-order valence-corrected chi connectivity index (χ2v) is 9.14. The van der Waals surface area contributed by atoms with E-state index in [2.05, 4.69) is 5.32 Å². The molecule has 0 heterocycles. The molecule has 1 N–H and O–H groups in total. The molecule has 0 spiro atoms. The number of rotatable bonds is 4.